The number of amides is 1. The Morgan fingerprint density at radius 3 is 2.45 bits per heavy atom. The van der Waals surface area contributed by atoms with Crippen molar-refractivity contribution in [1.29, 1.82) is 0 Å². The maximum atomic E-state index is 13.8. The average molecular weight is 595 g/mol. The van der Waals surface area contributed by atoms with Gasteiger partial charge in [0.05, 0.1) is 50.6 Å². The van der Waals surface area contributed by atoms with Crippen LogP contribution in [0.4, 0.5) is 15.8 Å². The van der Waals surface area contributed by atoms with E-state index in [2.05, 4.69) is 32.7 Å². The smallest absolute Gasteiger partial charge is 0.273 e. The van der Waals surface area contributed by atoms with E-state index in [4.69, 9.17) is 4.74 Å². The van der Waals surface area contributed by atoms with Crippen LogP contribution in [-0.2, 0) is 14.6 Å². The molecule has 1 aliphatic heterocycles. The van der Waals surface area contributed by atoms with Crippen LogP contribution in [0.5, 0.6) is 0 Å². The lowest BCUT2D eigenvalue weighted by molar-refractivity contribution is 0.101. The molecule has 0 radical (unpaired) electrons. The summed E-state index contributed by atoms with van der Waals surface area (Å²) in [5, 5.41) is 8.36. The monoisotopic (exact) mass is 594 g/mol. The zero-order valence-corrected chi connectivity index (χ0v) is 24.9. The van der Waals surface area contributed by atoms with Gasteiger partial charge in [0.1, 0.15) is 5.82 Å². The number of halogens is 1. The summed E-state index contributed by atoms with van der Waals surface area (Å²) in [6.45, 7) is 7.79. The summed E-state index contributed by atoms with van der Waals surface area (Å²) in [7, 11) is -0.212. The second-order valence-corrected chi connectivity index (χ2v) is 13.1. The molecule has 222 valence electrons. The third-order valence-electron chi connectivity index (χ3n) is 7.24. The Balaban J connectivity index is 1.46. The Hall–Kier alpha value is -4.00. The summed E-state index contributed by atoms with van der Waals surface area (Å²) in [4.78, 5) is 19.4. The lowest BCUT2D eigenvalue weighted by Gasteiger charge is -2.37. The third-order valence-corrected chi connectivity index (χ3v) is 8.99. The van der Waals surface area contributed by atoms with E-state index in [1.54, 1.807) is 19.2 Å². The molecule has 0 spiro atoms. The largest absolute Gasteiger partial charge is 0.382 e. The third kappa shape index (κ3) is 6.10. The number of methoxy groups -OCH3 is 1. The fourth-order valence-corrected chi connectivity index (χ4v) is 6.48. The van der Waals surface area contributed by atoms with Gasteiger partial charge in [-0.05, 0) is 69.4 Å². The number of rotatable bonds is 9. The number of hydrogen-bond donors (Lipinski definition) is 2. The fourth-order valence-electron chi connectivity index (χ4n) is 5.15. The molecule has 2 N–H and O–H groups in total. The van der Waals surface area contributed by atoms with E-state index in [-0.39, 0.29) is 21.2 Å². The van der Waals surface area contributed by atoms with Crippen LogP contribution in [0.1, 0.15) is 24.2 Å². The Morgan fingerprint density at radius 1 is 1.02 bits per heavy atom. The zero-order valence-electron chi connectivity index (χ0n) is 24.1. The number of likely N-dealkylation sites (N-methyl/N-ethyl adjacent to an activating group) is 1. The van der Waals surface area contributed by atoms with Crippen molar-refractivity contribution >= 4 is 38.0 Å². The molecule has 0 aliphatic carbocycles. The van der Waals surface area contributed by atoms with Gasteiger partial charge >= 0.3 is 0 Å². The number of piperazine rings is 1. The van der Waals surface area contributed by atoms with Crippen LogP contribution in [0.2, 0.25) is 0 Å². The number of para-hydroxylation sites is 1. The van der Waals surface area contributed by atoms with Gasteiger partial charge in [-0.2, -0.15) is 9.89 Å². The SMILES string of the molecule is COCC(C)(C)Nc1cccc(C(=O)Nn2ncc3cc(S(=O)(=O)c4cccc(F)c4)ccc32)c1N1CCN(C)CC1. The van der Waals surface area contributed by atoms with Crippen molar-refractivity contribution in [3.05, 3.63) is 78.2 Å². The first-order valence-corrected chi connectivity index (χ1v) is 15.1. The molecule has 10 nitrogen and oxygen atoms in total. The van der Waals surface area contributed by atoms with Crippen LogP contribution >= 0.6 is 0 Å². The molecule has 1 amide bonds. The van der Waals surface area contributed by atoms with Gasteiger partial charge in [0.25, 0.3) is 5.91 Å². The van der Waals surface area contributed by atoms with Crippen molar-refractivity contribution in [1.82, 2.24) is 14.8 Å². The topological polar surface area (TPSA) is 109 Å². The van der Waals surface area contributed by atoms with Crippen LogP contribution in [0.3, 0.4) is 0 Å². The minimum absolute atomic E-state index is 0.00118. The molecule has 0 saturated carbocycles. The Kier molecular flexibility index (Phi) is 8.22. The highest BCUT2D eigenvalue weighted by Crippen LogP contribution is 2.34. The minimum Gasteiger partial charge on any atom is -0.382 e. The number of anilines is 2. The number of hydrogen-bond acceptors (Lipinski definition) is 8. The van der Waals surface area contributed by atoms with E-state index in [1.165, 1.54) is 41.3 Å². The lowest BCUT2D eigenvalue weighted by Crippen LogP contribution is -2.46. The lowest BCUT2D eigenvalue weighted by atomic mass is 10.0. The van der Waals surface area contributed by atoms with Crippen molar-refractivity contribution in [2.45, 2.75) is 29.2 Å². The summed E-state index contributed by atoms with van der Waals surface area (Å²) in [6.07, 6.45) is 1.48. The molecule has 5 rings (SSSR count). The first kappa shape index (κ1) is 29.5. The van der Waals surface area contributed by atoms with Crippen LogP contribution < -0.4 is 15.6 Å². The molecule has 1 aromatic heterocycles. The number of carbonyl (C=O) groups excluding carboxylic acids is 1. The molecule has 42 heavy (non-hydrogen) atoms. The minimum atomic E-state index is -3.95. The molecular weight excluding hydrogens is 559 g/mol. The van der Waals surface area contributed by atoms with Gasteiger partial charge in [0, 0.05) is 38.7 Å². The Morgan fingerprint density at radius 2 is 1.74 bits per heavy atom. The number of fused-ring (bicyclic) bond motifs is 1. The van der Waals surface area contributed by atoms with Crippen molar-refractivity contribution in [2.24, 2.45) is 0 Å². The van der Waals surface area contributed by atoms with Gasteiger partial charge < -0.3 is 19.9 Å². The molecule has 0 bridgehead atoms. The molecule has 4 aromatic rings. The van der Waals surface area contributed by atoms with Crippen LogP contribution in [0.25, 0.3) is 10.9 Å². The molecule has 1 aliphatic rings. The maximum absolute atomic E-state index is 13.8. The van der Waals surface area contributed by atoms with Gasteiger partial charge in [-0.25, -0.2) is 18.2 Å². The van der Waals surface area contributed by atoms with Gasteiger partial charge in [-0.1, -0.05) is 12.1 Å². The fraction of sp³-hybridized carbons (Fsp3) is 0.333. The Bertz CT molecular complexity index is 1710. The molecule has 12 heteroatoms. The van der Waals surface area contributed by atoms with Crippen LogP contribution in [-0.4, -0.2) is 81.6 Å². The average Bonchev–Trinajstić information content (AvgIpc) is 3.35. The summed E-state index contributed by atoms with van der Waals surface area (Å²) in [5.41, 5.74) is 5.09. The normalized spacial score (nSPS) is 14.7. The first-order valence-electron chi connectivity index (χ1n) is 13.6. The van der Waals surface area contributed by atoms with E-state index < -0.39 is 15.7 Å². The number of nitrogens with zero attached hydrogens (tertiary/aromatic N) is 4. The Labute approximate surface area is 244 Å². The van der Waals surface area contributed by atoms with Crippen molar-refractivity contribution < 1.29 is 22.3 Å². The van der Waals surface area contributed by atoms with Gasteiger partial charge in [-0.3, -0.25) is 4.79 Å². The van der Waals surface area contributed by atoms with E-state index in [0.717, 1.165) is 43.6 Å². The van der Waals surface area contributed by atoms with E-state index >= 15 is 0 Å². The zero-order chi connectivity index (χ0) is 30.1. The second-order valence-electron chi connectivity index (χ2n) is 11.1. The molecule has 1 fully saturated rings. The van der Waals surface area contributed by atoms with Gasteiger partial charge in [-0.15, -0.1) is 0 Å². The van der Waals surface area contributed by atoms with Crippen molar-refractivity contribution in [3.8, 4) is 0 Å². The standard InChI is InChI=1S/C30H35FN6O4S/c1-30(2,20-41-4)33-26-10-6-9-25(28(26)36-15-13-35(3)14-16-36)29(38)34-37-27-12-11-24(17-21(27)19-32-37)42(39,40)23-8-5-7-22(31)18-23/h5-12,17-19,33H,13-16,20H2,1-4H3,(H,34,38). The number of benzene rings is 3. The molecule has 1 saturated heterocycles. The van der Waals surface area contributed by atoms with Gasteiger partial charge in [0.2, 0.25) is 9.84 Å². The van der Waals surface area contributed by atoms with E-state index in [0.29, 0.717) is 23.1 Å². The quantitative estimate of drug-likeness (QED) is 0.300. The summed E-state index contributed by atoms with van der Waals surface area (Å²) >= 11 is 0. The molecule has 3 aromatic carbocycles. The first-order chi connectivity index (χ1) is 20.0. The predicted molar refractivity (Wildman–Crippen MR) is 161 cm³/mol. The van der Waals surface area contributed by atoms with E-state index in [9.17, 15) is 17.6 Å². The number of carbonyl (C=O) groups is 1. The van der Waals surface area contributed by atoms with Crippen molar-refractivity contribution in [3.63, 3.8) is 0 Å². The number of ether oxygens (including phenoxy) is 1. The molecule has 0 unspecified atom stereocenters. The van der Waals surface area contributed by atoms with Gasteiger partial charge in [0.15, 0.2) is 0 Å². The predicted octanol–water partition coefficient (Wildman–Crippen LogP) is 3.98. The molecule has 2 heterocycles. The number of nitrogens with one attached hydrogen (secondary N) is 2. The van der Waals surface area contributed by atoms with Crippen LogP contribution in [0, 0.1) is 5.82 Å². The highest BCUT2D eigenvalue weighted by Gasteiger charge is 2.27. The maximum Gasteiger partial charge on any atom is 0.273 e. The highest BCUT2D eigenvalue weighted by atomic mass is 32.2. The number of aromatic nitrogens is 2. The van der Waals surface area contributed by atoms with E-state index in [1.807, 2.05) is 26.0 Å². The van der Waals surface area contributed by atoms with Crippen molar-refractivity contribution in [2.75, 3.05) is 62.6 Å². The summed E-state index contributed by atoms with van der Waals surface area (Å²) in [5.74, 6) is -0.997. The summed E-state index contributed by atoms with van der Waals surface area (Å²) in [6, 6.07) is 14.9. The summed E-state index contributed by atoms with van der Waals surface area (Å²) < 4.78 is 45.3. The number of sulfone groups is 1. The van der Waals surface area contributed by atoms with Crippen LogP contribution in [0.15, 0.2) is 76.7 Å². The highest BCUT2D eigenvalue weighted by molar-refractivity contribution is 7.91. The second kappa shape index (κ2) is 11.7. The molecular formula is C30H35FN6O4S. The molecule has 0 atom stereocenters.